The number of hydrogen-bond acceptors (Lipinski definition) is 25. The molecule has 6 aliphatic heterocycles. The minimum absolute atomic E-state index is 0.181. The van der Waals surface area contributed by atoms with Crippen molar-refractivity contribution in [2.24, 2.45) is 11.8 Å². The molecular formula is C101H105N27O6. The number of pyridine rings is 8. The fourth-order valence-corrected chi connectivity index (χ4v) is 17.3. The highest BCUT2D eigenvalue weighted by Crippen LogP contribution is 2.35. The molecule has 4 aromatic carbocycles. The molecule has 0 bridgehead atoms. The van der Waals surface area contributed by atoms with Gasteiger partial charge < -0.3 is 56.4 Å². The summed E-state index contributed by atoms with van der Waals surface area (Å²) in [6, 6.07) is 48.9. The fraction of sp³-hybridized carbons (Fsp3) is 0.287. The van der Waals surface area contributed by atoms with Gasteiger partial charge in [-0.2, -0.15) is 20.4 Å². The molecule has 16 aromatic rings. The van der Waals surface area contributed by atoms with E-state index in [0.717, 1.165) is 252 Å². The Morgan fingerprint density at radius 2 is 0.694 bits per heavy atom. The van der Waals surface area contributed by atoms with E-state index in [9.17, 15) is 24.3 Å². The normalized spacial score (nSPS) is 15.6. The maximum absolute atomic E-state index is 13.1. The van der Waals surface area contributed by atoms with Crippen molar-refractivity contribution in [1.29, 1.82) is 0 Å². The summed E-state index contributed by atoms with van der Waals surface area (Å²) in [6.07, 6.45) is 29.8. The highest BCUT2D eigenvalue weighted by molar-refractivity contribution is 6.15. The van der Waals surface area contributed by atoms with Gasteiger partial charge in [-0.25, -0.2) is 19.9 Å². The largest absolute Gasteiger partial charge is 0.397 e. The van der Waals surface area contributed by atoms with Gasteiger partial charge in [-0.1, -0.05) is 44.2 Å². The summed E-state index contributed by atoms with van der Waals surface area (Å²) in [5.41, 5.74) is 23.6. The average Bonchev–Trinajstić information content (AvgIpc) is 1.65. The van der Waals surface area contributed by atoms with Crippen LogP contribution < -0.4 is 46.6 Å². The van der Waals surface area contributed by atoms with Gasteiger partial charge in [-0.05, 0) is 218 Å². The van der Waals surface area contributed by atoms with E-state index in [4.69, 9.17) is 10.5 Å². The molecule has 0 spiro atoms. The van der Waals surface area contributed by atoms with E-state index in [1.54, 1.807) is 49.6 Å². The smallest absolute Gasteiger partial charge is 0.276 e. The average molecular weight is 1790 g/mol. The molecule has 0 aliphatic carbocycles. The van der Waals surface area contributed by atoms with Crippen LogP contribution in [-0.2, 0) is 17.8 Å². The number of rotatable bonds is 20. The number of carbonyl (C=O) groups excluding carboxylic acids is 4. The maximum atomic E-state index is 13.1. The van der Waals surface area contributed by atoms with Crippen molar-refractivity contribution in [3.63, 3.8) is 0 Å². The summed E-state index contributed by atoms with van der Waals surface area (Å²) in [5, 5.41) is 53.3. The van der Waals surface area contributed by atoms with Gasteiger partial charge in [-0.3, -0.25) is 69.3 Å². The predicted molar refractivity (Wildman–Crippen MR) is 522 cm³/mol. The monoisotopic (exact) mass is 1790 g/mol. The number of nitrogens with two attached hydrogens (primary N) is 1. The fourth-order valence-electron chi connectivity index (χ4n) is 17.3. The van der Waals surface area contributed by atoms with E-state index in [0.29, 0.717) is 51.2 Å². The summed E-state index contributed by atoms with van der Waals surface area (Å²) in [7, 11) is 0. The summed E-state index contributed by atoms with van der Waals surface area (Å²) < 4.78 is 5.45. The number of nitrogen functional groups attached to an aromatic ring is 1. The third-order valence-electron chi connectivity index (χ3n) is 25.5. The lowest BCUT2D eigenvalue weighted by Gasteiger charge is -2.31. The van der Waals surface area contributed by atoms with E-state index in [-0.39, 0.29) is 29.7 Å². The van der Waals surface area contributed by atoms with Crippen molar-refractivity contribution >= 4 is 119 Å². The second-order valence-electron chi connectivity index (χ2n) is 35.1. The van der Waals surface area contributed by atoms with Crippen molar-refractivity contribution < 1.29 is 29.0 Å². The Bertz CT molecular complexity index is 6790. The predicted octanol–water partition coefficient (Wildman–Crippen LogP) is 15.4. The van der Waals surface area contributed by atoms with Gasteiger partial charge in [0.25, 0.3) is 23.6 Å². The van der Waals surface area contributed by atoms with Gasteiger partial charge in [0.1, 0.15) is 23.3 Å². The number of aliphatic hydroxyl groups is 1. The summed E-state index contributed by atoms with van der Waals surface area (Å²) in [5.74, 6) is 4.20. The molecule has 33 nitrogen and oxygen atoms in total. The second-order valence-corrected chi connectivity index (χ2v) is 35.1. The number of benzene rings is 4. The molecule has 0 unspecified atom stereocenters. The number of piperidine rings is 3. The number of hydrogen-bond donors (Lipinski definition) is 10. The molecule has 680 valence electrons. The second kappa shape index (κ2) is 40.6. The van der Waals surface area contributed by atoms with Gasteiger partial charge in [0, 0.05) is 185 Å². The number of ether oxygens (including phenoxy) is 1. The highest BCUT2D eigenvalue weighted by Gasteiger charge is 2.27. The highest BCUT2D eigenvalue weighted by atomic mass is 16.5. The number of nitrogens with zero attached hydrogens (tertiary/aromatic N) is 18. The Morgan fingerprint density at radius 3 is 1.02 bits per heavy atom. The molecule has 18 heterocycles. The molecule has 12 aromatic heterocycles. The van der Waals surface area contributed by atoms with E-state index < -0.39 is 0 Å². The van der Waals surface area contributed by atoms with Crippen LogP contribution in [-0.4, -0.2) is 217 Å². The standard InChI is InChI=1S/C27H29N7O2.C26H27N7O2.C24H25N7O.C24H24N6O/c35-22-6-10-33(11-7-22)17-18-12-20(15-28-14-18)19-2-4-24-23(13-19)26(32-31-24)27(36)30-21-3-5-25(29-16-21)34-8-1-9-34;34-26(29-21-3-5-24(28-16-21)33-6-1-7-33)25-22-13-19(2-4-23(22)30-31-25)20-12-18(14-27-15-20)17-32-8-10-35-11-9-32;1-15-6-8-31(9-7-15)22-5-3-19(14-27-22)28-24(32)23-20-11-16(2-4-21(20)29-30-23)17-10-18(25)13-26-12-17;1-16-8-11-30(12-9-16)22-7-5-19(15-26-22)27-24(31)23-20-13-17(4-6-21(20)28-29-23)18-3-2-10-25-14-18/h2-5,12-16,22,35H,1,6-11,17H2,(H,30,36)(H,31,32);2-5,12-16H,1,6-11,17H2,(H,29,34)(H,30,31);2-5,10-15H,6-9,25H2,1H3,(H,28,32)(H,29,30);2-7,10,13-16H,8-9,11-12H2,1H3,(H,27,31)(H,28,29). The van der Waals surface area contributed by atoms with Gasteiger partial charge in [-0.15, -0.1) is 0 Å². The Hall–Kier alpha value is -15.3. The number of likely N-dealkylation sites (tertiary alicyclic amines) is 1. The van der Waals surface area contributed by atoms with Gasteiger partial charge in [0.15, 0.2) is 22.8 Å². The van der Waals surface area contributed by atoms with Crippen LogP contribution in [0, 0.1) is 11.8 Å². The first-order chi connectivity index (χ1) is 65.6. The van der Waals surface area contributed by atoms with Crippen LogP contribution >= 0.6 is 0 Å². The van der Waals surface area contributed by atoms with Crippen molar-refractivity contribution in [1.82, 2.24) is 90.5 Å². The minimum Gasteiger partial charge on any atom is -0.397 e. The molecular weight excluding hydrogens is 1690 g/mol. The number of aromatic nitrogens is 16. The molecule has 33 heteroatoms. The molecule has 0 atom stereocenters. The van der Waals surface area contributed by atoms with Crippen LogP contribution in [0.4, 0.5) is 51.7 Å². The van der Waals surface area contributed by atoms with Crippen LogP contribution in [0.25, 0.3) is 88.1 Å². The Morgan fingerprint density at radius 1 is 0.358 bits per heavy atom. The summed E-state index contributed by atoms with van der Waals surface area (Å²) in [4.78, 5) is 101. The van der Waals surface area contributed by atoms with Gasteiger partial charge >= 0.3 is 0 Å². The number of anilines is 9. The first kappa shape index (κ1) is 88.0. The number of nitrogens with one attached hydrogen (secondary N) is 8. The zero-order valence-corrected chi connectivity index (χ0v) is 74.7. The van der Waals surface area contributed by atoms with E-state index in [2.05, 4.69) is 157 Å². The Labute approximate surface area is 773 Å². The van der Waals surface area contributed by atoms with Crippen LogP contribution in [0.1, 0.15) is 118 Å². The quantitative estimate of drug-likeness (QED) is 0.0339. The zero-order valence-electron chi connectivity index (χ0n) is 74.7. The van der Waals surface area contributed by atoms with E-state index in [1.807, 2.05) is 164 Å². The lowest BCUT2D eigenvalue weighted by atomic mass is 9.99. The Balaban J connectivity index is 0.000000115. The third kappa shape index (κ3) is 21.0. The molecule has 6 aliphatic rings. The first-order valence-corrected chi connectivity index (χ1v) is 45.8. The minimum atomic E-state index is -0.291. The first-order valence-electron chi connectivity index (χ1n) is 45.8. The molecule has 6 saturated heterocycles. The number of aliphatic hydroxyl groups excluding tert-OH is 1. The number of fused-ring (bicyclic) bond motifs is 4. The van der Waals surface area contributed by atoms with Crippen molar-refractivity contribution in [3.05, 3.63) is 260 Å². The molecule has 4 amide bonds. The number of aromatic amines is 4. The topological polar surface area (TPSA) is 409 Å². The van der Waals surface area contributed by atoms with Crippen LogP contribution in [0.15, 0.2) is 226 Å². The van der Waals surface area contributed by atoms with Crippen molar-refractivity contribution in [2.45, 2.75) is 84.4 Å². The molecule has 0 radical (unpaired) electrons. The van der Waals surface area contributed by atoms with Crippen LogP contribution in [0.5, 0.6) is 0 Å². The van der Waals surface area contributed by atoms with Crippen molar-refractivity contribution in [2.75, 3.05) is 138 Å². The van der Waals surface area contributed by atoms with E-state index in [1.165, 1.54) is 38.5 Å². The van der Waals surface area contributed by atoms with Crippen LogP contribution in [0.2, 0.25) is 0 Å². The molecule has 6 fully saturated rings. The molecule has 22 rings (SSSR count). The number of carbonyl (C=O) groups is 4. The molecule has 134 heavy (non-hydrogen) atoms. The maximum Gasteiger partial charge on any atom is 0.276 e. The number of morpholine rings is 1. The van der Waals surface area contributed by atoms with Crippen LogP contribution in [0.3, 0.4) is 0 Å². The molecule has 0 saturated carbocycles. The lowest BCUT2D eigenvalue weighted by molar-refractivity contribution is 0.0341. The third-order valence-corrected chi connectivity index (χ3v) is 25.5. The lowest BCUT2D eigenvalue weighted by Crippen LogP contribution is -2.37. The zero-order chi connectivity index (χ0) is 91.4. The number of amides is 4. The summed E-state index contributed by atoms with van der Waals surface area (Å²) >= 11 is 0. The SMILES string of the molecule is CC1CCN(c2ccc(NC(=O)c3n[nH]c4ccc(-c5cccnc5)cc34)cn2)CC1.CC1CCN(c2ccc(NC(=O)c3n[nH]c4ccc(-c5cncc(N)c5)cc34)cn2)CC1.O=C(Nc1ccc(N2CCC2)nc1)c1n[nH]c2ccc(-c3cncc(CN4CCC(O)CC4)c3)cc12.O=C(Nc1ccc(N2CCC2)nc1)c1n[nH]c2ccc(-c3cncc(CN4CCOCC4)c3)cc12. The molecule has 11 N–H and O–H groups in total. The van der Waals surface area contributed by atoms with Crippen molar-refractivity contribution in [3.8, 4) is 44.5 Å². The van der Waals surface area contributed by atoms with Gasteiger partial charge in [0.2, 0.25) is 0 Å². The Kier molecular flexibility index (Phi) is 26.6. The number of H-pyrrole nitrogens is 4. The summed E-state index contributed by atoms with van der Waals surface area (Å²) in [6.45, 7) is 19.6. The van der Waals surface area contributed by atoms with Gasteiger partial charge in [0.05, 0.1) is 94.6 Å². The van der Waals surface area contributed by atoms with E-state index >= 15 is 0 Å².